The lowest BCUT2D eigenvalue weighted by atomic mass is 9.74. The van der Waals surface area contributed by atoms with E-state index in [4.69, 9.17) is 4.74 Å². The molecule has 0 fully saturated rings. The van der Waals surface area contributed by atoms with Gasteiger partial charge in [-0.15, -0.1) is 0 Å². The Bertz CT molecular complexity index is 387. The van der Waals surface area contributed by atoms with Crippen molar-refractivity contribution in [1.82, 2.24) is 0 Å². The molecule has 0 aromatic carbocycles. The highest BCUT2D eigenvalue weighted by atomic mass is 16.5. The first kappa shape index (κ1) is 9.20. The van der Waals surface area contributed by atoms with Crippen LogP contribution in [0.15, 0.2) is 23.5 Å². The number of hydrogen-bond acceptors (Lipinski definition) is 2. The fourth-order valence-corrected chi connectivity index (χ4v) is 2.99. The van der Waals surface area contributed by atoms with Crippen LogP contribution in [-0.2, 0) is 9.53 Å². The van der Waals surface area contributed by atoms with Crippen molar-refractivity contribution in [3.63, 3.8) is 0 Å². The van der Waals surface area contributed by atoms with Crippen LogP contribution in [0.4, 0.5) is 0 Å². The van der Waals surface area contributed by atoms with E-state index in [2.05, 4.69) is 26.0 Å². The number of rotatable bonds is 0. The van der Waals surface area contributed by atoms with Crippen molar-refractivity contribution in [2.75, 3.05) is 0 Å². The molecule has 0 radical (unpaired) electrons. The highest BCUT2D eigenvalue weighted by molar-refractivity contribution is 5.98. The Hall–Kier alpha value is -1.05. The zero-order chi connectivity index (χ0) is 10.6. The molecule has 2 nitrogen and oxygen atoms in total. The van der Waals surface area contributed by atoms with Gasteiger partial charge in [0.25, 0.3) is 0 Å². The summed E-state index contributed by atoms with van der Waals surface area (Å²) in [6.07, 6.45) is 6.98. The maximum atomic E-state index is 12.1. The molecule has 2 aliphatic carbocycles. The monoisotopic (exact) mass is 204 g/mol. The summed E-state index contributed by atoms with van der Waals surface area (Å²) in [6, 6.07) is 0. The fourth-order valence-electron chi connectivity index (χ4n) is 2.99. The molecular formula is C13H16O2. The maximum Gasteiger partial charge on any atom is 0.163 e. The third-order valence-electron chi connectivity index (χ3n) is 3.64. The van der Waals surface area contributed by atoms with Crippen molar-refractivity contribution < 1.29 is 9.53 Å². The number of carbonyl (C=O) groups excluding carboxylic acids is 1. The standard InChI is InChI=1S/C13H16O2/c1-13(2)6-9(14)12-8-4-3-5-10(8)15-11(12)7-13/h3,5,8,10H,4,6-7H2,1-2H3. The first-order chi connectivity index (χ1) is 7.07. The van der Waals surface area contributed by atoms with Gasteiger partial charge < -0.3 is 4.74 Å². The van der Waals surface area contributed by atoms with Gasteiger partial charge in [-0.25, -0.2) is 0 Å². The van der Waals surface area contributed by atoms with E-state index in [1.807, 2.05) is 0 Å². The van der Waals surface area contributed by atoms with E-state index in [1.54, 1.807) is 0 Å². The summed E-state index contributed by atoms with van der Waals surface area (Å²) in [5, 5.41) is 0. The predicted molar refractivity (Wildman–Crippen MR) is 57.2 cm³/mol. The molecule has 2 heteroatoms. The lowest BCUT2D eigenvalue weighted by molar-refractivity contribution is -0.118. The van der Waals surface area contributed by atoms with Crippen LogP contribution >= 0.6 is 0 Å². The normalized spacial score (nSPS) is 36.5. The molecule has 2 atom stereocenters. The van der Waals surface area contributed by atoms with E-state index in [-0.39, 0.29) is 11.5 Å². The van der Waals surface area contributed by atoms with Gasteiger partial charge >= 0.3 is 0 Å². The highest BCUT2D eigenvalue weighted by Gasteiger charge is 2.45. The molecule has 2 unspecified atom stereocenters. The lowest BCUT2D eigenvalue weighted by Crippen LogP contribution is -2.26. The molecule has 80 valence electrons. The van der Waals surface area contributed by atoms with Crippen LogP contribution in [0.3, 0.4) is 0 Å². The maximum absolute atomic E-state index is 12.1. The number of carbonyl (C=O) groups is 1. The molecule has 0 saturated heterocycles. The molecule has 0 aromatic rings. The average molecular weight is 204 g/mol. The van der Waals surface area contributed by atoms with Gasteiger partial charge in [0.15, 0.2) is 5.78 Å². The number of Topliss-reactive ketones (excluding diaryl/α,β-unsaturated/α-hetero) is 1. The third-order valence-corrected chi connectivity index (χ3v) is 3.64. The van der Waals surface area contributed by atoms with E-state index in [0.717, 1.165) is 24.2 Å². The van der Waals surface area contributed by atoms with E-state index >= 15 is 0 Å². The Morgan fingerprint density at radius 3 is 3.00 bits per heavy atom. The quantitative estimate of drug-likeness (QED) is 0.567. The molecule has 0 saturated carbocycles. The SMILES string of the molecule is CC1(C)CC(=O)C2=C(C1)OC1C=CCC21. The minimum Gasteiger partial charge on any atom is -0.490 e. The summed E-state index contributed by atoms with van der Waals surface area (Å²) in [6.45, 7) is 4.28. The molecular weight excluding hydrogens is 188 g/mol. The largest absolute Gasteiger partial charge is 0.490 e. The molecule has 15 heavy (non-hydrogen) atoms. The van der Waals surface area contributed by atoms with Crippen LogP contribution in [0.2, 0.25) is 0 Å². The molecule has 0 spiro atoms. The number of ether oxygens (including phenoxy) is 1. The summed E-state index contributed by atoms with van der Waals surface area (Å²) in [7, 11) is 0. The van der Waals surface area contributed by atoms with Gasteiger partial charge in [0, 0.05) is 24.3 Å². The van der Waals surface area contributed by atoms with E-state index < -0.39 is 0 Å². The van der Waals surface area contributed by atoms with Gasteiger partial charge in [0.1, 0.15) is 11.9 Å². The van der Waals surface area contributed by atoms with E-state index in [1.165, 1.54) is 0 Å². The number of hydrogen-bond donors (Lipinski definition) is 0. The zero-order valence-electron chi connectivity index (χ0n) is 9.25. The Morgan fingerprint density at radius 2 is 2.20 bits per heavy atom. The Kier molecular flexibility index (Phi) is 1.68. The van der Waals surface area contributed by atoms with Gasteiger partial charge in [-0.1, -0.05) is 19.9 Å². The number of fused-ring (bicyclic) bond motifs is 2. The summed E-state index contributed by atoms with van der Waals surface area (Å²) in [5.74, 6) is 1.64. The van der Waals surface area contributed by atoms with Crippen LogP contribution in [0.25, 0.3) is 0 Å². The Labute approximate surface area is 90.0 Å². The minimum absolute atomic E-state index is 0.0816. The fraction of sp³-hybridized carbons (Fsp3) is 0.615. The van der Waals surface area contributed by atoms with Gasteiger partial charge in [-0.3, -0.25) is 4.79 Å². The van der Waals surface area contributed by atoms with Crippen LogP contribution in [0.1, 0.15) is 33.1 Å². The second-order valence-corrected chi connectivity index (χ2v) is 5.63. The van der Waals surface area contributed by atoms with Gasteiger partial charge in [0.2, 0.25) is 0 Å². The first-order valence-electron chi connectivity index (χ1n) is 5.66. The zero-order valence-corrected chi connectivity index (χ0v) is 9.25. The van der Waals surface area contributed by atoms with Crippen LogP contribution in [0.5, 0.6) is 0 Å². The summed E-state index contributed by atoms with van der Waals surface area (Å²) >= 11 is 0. The summed E-state index contributed by atoms with van der Waals surface area (Å²) in [5.41, 5.74) is 1.09. The topological polar surface area (TPSA) is 26.3 Å². The van der Waals surface area contributed by atoms with Crippen molar-refractivity contribution in [2.45, 2.75) is 39.2 Å². The molecule has 3 aliphatic rings. The minimum atomic E-state index is 0.0816. The van der Waals surface area contributed by atoms with Gasteiger partial charge in [-0.2, -0.15) is 0 Å². The van der Waals surface area contributed by atoms with E-state index in [9.17, 15) is 4.79 Å². The second kappa shape index (κ2) is 2.75. The molecule has 0 amide bonds. The average Bonchev–Trinajstić information content (AvgIpc) is 2.58. The number of allylic oxidation sites excluding steroid dienone is 2. The van der Waals surface area contributed by atoms with Gasteiger partial charge in [-0.05, 0) is 17.9 Å². The number of ketones is 1. The van der Waals surface area contributed by atoms with Crippen LogP contribution in [0, 0.1) is 11.3 Å². The van der Waals surface area contributed by atoms with E-state index in [0.29, 0.717) is 18.1 Å². The molecule has 3 rings (SSSR count). The molecule has 0 bridgehead atoms. The molecule has 0 N–H and O–H groups in total. The lowest BCUT2D eigenvalue weighted by Gasteiger charge is -2.29. The Balaban J connectivity index is 1.98. The Morgan fingerprint density at radius 1 is 1.40 bits per heavy atom. The van der Waals surface area contributed by atoms with Gasteiger partial charge in [0.05, 0.1) is 0 Å². The van der Waals surface area contributed by atoms with Crippen molar-refractivity contribution in [3.05, 3.63) is 23.5 Å². The first-order valence-corrected chi connectivity index (χ1v) is 5.66. The third kappa shape index (κ3) is 1.27. The summed E-state index contributed by atoms with van der Waals surface area (Å²) in [4.78, 5) is 12.1. The predicted octanol–water partition coefficient (Wildman–Crippen LogP) is 2.60. The molecule has 1 aliphatic heterocycles. The van der Waals surface area contributed by atoms with Crippen LogP contribution < -0.4 is 0 Å². The second-order valence-electron chi connectivity index (χ2n) is 5.63. The molecule has 0 aromatic heterocycles. The van der Waals surface area contributed by atoms with Crippen molar-refractivity contribution >= 4 is 5.78 Å². The smallest absolute Gasteiger partial charge is 0.163 e. The highest BCUT2D eigenvalue weighted by Crippen LogP contribution is 2.48. The molecule has 1 heterocycles. The van der Waals surface area contributed by atoms with Crippen molar-refractivity contribution in [1.29, 1.82) is 0 Å². The summed E-state index contributed by atoms with van der Waals surface area (Å²) < 4.78 is 5.87. The van der Waals surface area contributed by atoms with Crippen molar-refractivity contribution in [3.8, 4) is 0 Å². The van der Waals surface area contributed by atoms with Crippen molar-refractivity contribution in [2.24, 2.45) is 11.3 Å². The van der Waals surface area contributed by atoms with Crippen LogP contribution in [-0.4, -0.2) is 11.9 Å².